The summed E-state index contributed by atoms with van der Waals surface area (Å²) in [4.78, 5) is 12.3. The standard InChI is InChI=1S/C17H27N3O/c1-13-11-19-15(12-18-13)16(21)20-17(2,3)10-9-14-7-5-4-6-8-14/h4-8,13,15,18-19H,9-12H2,1-3H3,(H,20,21). The van der Waals surface area contributed by atoms with Crippen LogP contribution in [0, 0.1) is 0 Å². The summed E-state index contributed by atoms with van der Waals surface area (Å²) in [5.74, 6) is 0.0902. The molecule has 2 unspecified atom stereocenters. The third-order valence-corrected chi connectivity index (χ3v) is 4.00. The minimum Gasteiger partial charge on any atom is -0.350 e. The molecule has 4 heteroatoms. The van der Waals surface area contributed by atoms with Crippen molar-refractivity contribution in [2.45, 2.75) is 51.2 Å². The molecule has 0 bridgehead atoms. The molecule has 3 N–H and O–H groups in total. The number of piperazine rings is 1. The molecule has 1 aromatic rings. The molecule has 2 atom stereocenters. The average Bonchev–Trinajstić information content (AvgIpc) is 2.46. The van der Waals surface area contributed by atoms with Crippen LogP contribution < -0.4 is 16.0 Å². The fraction of sp³-hybridized carbons (Fsp3) is 0.588. The van der Waals surface area contributed by atoms with E-state index < -0.39 is 0 Å². The second-order valence-electron chi connectivity index (χ2n) is 6.63. The number of nitrogens with one attached hydrogen (secondary N) is 3. The van der Waals surface area contributed by atoms with Gasteiger partial charge in [-0.1, -0.05) is 30.3 Å². The number of hydrogen-bond acceptors (Lipinski definition) is 3. The third kappa shape index (κ3) is 5.14. The number of benzene rings is 1. The quantitative estimate of drug-likeness (QED) is 0.769. The van der Waals surface area contributed by atoms with Gasteiger partial charge in [-0.05, 0) is 39.2 Å². The van der Waals surface area contributed by atoms with E-state index in [2.05, 4.69) is 61.0 Å². The van der Waals surface area contributed by atoms with Crippen molar-refractivity contribution in [1.29, 1.82) is 0 Å². The highest BCUT2D eigenvalue weighted by Gasteiger charge is 2.27. The van der Waals surface area contributed by atoms with Gasteiger partial charge in [0.2, 0.25) is 5.91 Å². The molecular formula is C17H27N3O. The SMILES string of the molecule is CC1CNC(C(=O)NC(C)(C)CCc2ccccc2)CN1. The summed E-state index contributed by atoms with van der Waals surface area (Å²) in [6.45, 7) is 7.83. The van der Waals surface area contributed by atoms with Crippen molar-refractivity contribution in [2.24, 2.45) is 0 Å². The summed E-state index contributed by atoms with van der Waals surface area (Å²) in [6.07, 6.45) is 1.90. The fourth-order valence-electron chi connectivity index (χ4n) is 2.55. The van der Waals surface area contributed by atoms with Crippen molar-refractivity contribution >= 4 is 5.91 Å². The Morgan fingerprint density at radius 2 is 1.95 bits per heavy atom. The topological polar surface area (TPSA) is 53.2 Å². The average molecular weight is 289 g/mol. The van der Waals surface area contributed by atoms with Crippen LogP contribution in [-0.4, -0.2) is 36.6 Å². The maximum Gasteiger partial charge on any atom is 0.238 e. The van der Waals surface area contributed by atoms with Crippen molar-refractivity contribution in [1.82, 2.24) is 16.0 Å². The molecule has 1 aliphatic heterocycles. The Hall–Kier alpha value is -1.39. The van der Waals surface area contributed by atoms with Gasteiger partial charge in [-0.15, -0.1) is 0 Å². The van der Waals surface area contributed by atoms with Gasteiger partial charge in [-0.25, -0.2) is 0 Å². The zero-order chi connectivity index (χ0) is 15.3. The molecule has 1 amide bonds. The molecule has 2 rings (SSSR count). The molecule has 0 aliphatic carbocycles. The number of amides is 1. The number of rotatable bonds is 5. The normalized spacial score (nSPS) is 22.8. The first-order chi connectivity index (χ1) is 9.96. The highest BCUT2D eigenvalue weighted by Crippen LogP contribution is 2.14. The Morgan fingerprint density at radius 1 is 1.24 bits per heavy atom. The highest BCUT2D eigenvalue weighted by molar-refractivity contribution is 5.82. The van der Waals surface area contributed by atoms with E-state index in [4.69, 9.17) is 0 Å². The van der Waals surface area contributed by atoms with E-state index >= 15 is 0 Å². The lowest BCUT2D eigenvalue weighted by Gasteiger charge is -2.32. The van der Waals surface area contributed by atoms with Crippen molar-refractivity contribution in [3.63, 3.8) is 0 Å². The monoisotopic (exact) mass is 289 g/mol. The van der Waals surface area contributed by atoms with E-state index in [1.165, 1.54) is 5.56 Å². The van der Waals surface area contributed by atoms with Crippen molar-refractivity contribution in [3.8, 4) is 0 Å². The van der Waals surface area contributed by atoms with Crippen LogP contribution >= 0.6 is 0 Å². The third-order valence-electron chi connectivity index (χ3n) is 4.00. The Bertz CT molecular complexity index is 450. The first kappa shape index (κ1) is 16.0. The molecule has 0 radical (unpaired) electrons. The molecule has 1 aliphatic rings. The van der Waals surface area contributed by atoms with Gasteiger partial charge in [0.05, 0.1) is 6.04 Å². The van der Waals surface area contributed by atoms with Crippen LogP contribution in [0.4, 0.5) is 0 Å². The zero-order valence-electron chi connectivity index (χ0n) is 13.3. The molecule has 1 saturated heterocycles. The van der Waals surface area contributed by atoms with E-state index in [0.29, 0.717) is 12.6 Å². The van der Waals surface area contributed by atoms with E-state index in [1.54, 1.807) is 0 Å². The summed E-state index contributed by atoms with van der Waals surface area (Å²) in [5.41, 5.74) is 1.11. The van der Waals surface area contributed by atoms with Gasteiger partial charge in [0, 0.05) is 24.7 Å². The van der Waals surface area contributed by atoms with Gasteiger partial charge in [0.25, 0.3) is 0 Å². The first-order valence-electron chi connectivity index (χ1n) is 7.79. The van der Waals surface area contributed by atoms with Crippen molar-refractivity contribution < 1.29 is 4.79 Å². The predicted molar refractivity (Wildman–Crippen MR) is 86.2 cm³/mol. The van der Waals surface area contributed by atoms with E-state index in [9.17, 15) is 4.79 Å². The molecule has 0 aromatic heterocycles. The van der Waals surface area contributed by atoms with Gasteiger partial charge in [0.1, 0.15) is 0 Å². The van der Waals surface area contributed by atoms with Crippen LogP contribution in [0.15, 0.2) is 30.3 Å². The predicted octanol–water partition coefficient (Wildman–Crippen LogP) is 1.46. The maximum absolute atomic E-state index is 12.3. The molecule has 21 heavy (non-hydrogen) atoms. The molecular weight excluding hydrogens is 262 g/mol. The molecule has 1 heterocycles. The van der Waals surface area contributed by atoms with Gasteiger partial charge in [0.15, 0.2) is 0 Å². The van der Waals surface area contributed by atoms with Crippen LogP contribution in [0.25, 0.3) is 0 Å². The molecule has 0 spiro atoms. The van der Waals surface area contributed by atoms with Gasteiger partial charge in [-0.2, -0.15) is 0 Å². The van der Waals surface area contributed by atoms with Crippen LogP contribution in [0.1, 0.15) is 32.8 Å². The van der Waals surface area contributed by atoms with Crippen LogP contribution in [0.2, 0.25) is 0 Å². The van der Waals surface area contributed by atoms with E-state index in [-0.39, 0.29) is 17.5 Å². The van der Waals surface area contributed by atoms with E-state index in [0.717, 1.165) is 19.4 Å². The minimum absolute atomic E-state index is 0.0902. The van der Waals surface area contributed by atoms with Crippen LogP contribution in [0.3, 0.4) is 0 Å². The van der Waals surface area contributed by atoms with Crippen molar-refractivity contribution in [3.05, 3.63) is 35.9 Å². The number of carbonyl (C=O) groups excluding carboxylic acids is 1. The minimum atomic E-state index is -0.197. The van der Waals surface area contributed by atoms with Crippen LogP contribution in [-0.2, 0) is 11.2 Å². The zero-order valence-corrected chi connectivity index (χ0v) is 13.3. The Balaban J connectivity index is 1.81. The lowest BCUT2D eigenvalue weighted by Crippen LogP contribution is -2.61. The molecule has 1 fully saturated rings. The summed E-state index contributed by atoms with van der Waals surface area (Å²) in [7, 11) is 0. The molecule has 1 aromatic carbocycles. The van der Waals surface area contributed by atoms with Crippen molar-refractivity contribution in [2.75, 3.05) is 13.1 Å². The number of hydrogen-bond donors (Lipinski definition) is 3. The summed E-state index contributed by atoms with van der Waals surface area (Å²) in [5, 5.41) is 9.79. The smallest absolute Gasteiger partial charge is 0.238 e. The van der Waals surface area contributed by atoms with E-state index in [1.807, 2.05) is 6.07 Å². The Kier molecular flexibility index (Phi) is 5.37. The number of carbonyl (C=O) groups is 1. The fourth-order valence-corrected chi connectivity index (χ4v) is 2.55. The first-order valence-corrected chi connectivity index (χ1v) is 7.79. The second-order valence-corrected chi connectivity index (χ2v) is 6.63. The van der Waals surface area contributed by atoms with Crippen LogP contribution in [0.5, 0.6) is 0 Å². The summed E-state index contributed by atoms with van der Waals surface area (Å²) in [6, 6.07) is 10.7. The lowest BCUT2D eigenvalue weighted by atomic mass is 9.94. The number of aryl methyl sites for hydroxylation is 1. The second kappa shape index (κ2) is 7.05. The maximum atomic E-state index is 12.3. The molecule has 0 saturated carbocycles. The van der Waals surface area contributed by atoms with Gasteiger partial charge in [-0.3, -0.25) is 4.79 Å². The molecule has 116 valence electrons. The Labute approximate surface area is 127 Å². The highest BCUT2D eigenvalue weighted by atomic mass is 16.2. The lowest BCUT2D eigenvalue weighted by molar-refractivity contribution is -0.125. The largest absolute Gasteiger partial charge is 0.350 e. The molecule has 4 nitrogen and oxygen atoms in total. The summed E-state index contributed by atoms with van der Waals surface area (Å²) >= 11 is 0. The van der Waals surface area contributed by atoms with Gasteiger partial charge >= 0.3 is 0 Å². The Morgan fingerprint density at radius 3 is 2.57 bits per heavy atom. The summed E-state index contributed by atoms with van der Waals surface area (Å²) < 4.78 is 0. The van der Waals surface area contributed by atoms with Gasteiger partial charge < -0.3 is 16.0 Å².